The van der Waals surface area contributed by atoms with E-state index in [0.29, 0.717) is 0 Å². The number of nitrogens with zero attached hydrogens (tertiary/aromatic N) is 3. The third kappa shape index (κ3) is 3.71. The molecule has 4 rings (SSSR count). The molecule has 0 aliphatic carbocycles. The smallest absolute Gasteiger partial charge is 0.225 e. The summed E-state index contributed by atoms with van der Waals surface area (Å²) in [7, 11) is 0. The summed E-state index contributed by atoms with van der Waals surface area (Å²) in [4.78, 5) is 14.6. The fourth-order valence-electron chi connectivity index (χ4n) is 3.47. The Hall–Kier alpha value is -2.44. The van der Waals surface area contributed by atoms with Crippen LogP contribution in [0.5, 0.6) is 0 Å². The number of H-pyrrole nitrogens is 1. The summed E-state index contributed by atoms with van der Waals surface area (Å²) < 4.78 is 5.37. The highest BCUT2D eigenvalue weighted by atomic mass is 16.5. The van der Waals surface area contributed by atoms with Crippen LogP contribution in [-0.4, -0.2) is 47.8 Å². The van der Waals surface area contributed by atoms with E-state index in [2.05, 4.69) is 56.4 Å². The highest BCUT2D eigenvalue weighted by Crippen LogP contribution is 2.21. The Bertz CT molecular complexity index is 852. The molecule has 1 aromatic carbocycles. The monoisotopic (exact) mass is 351 g/mol. The number of aryl methyl sites for hydroxylation is 1. The second kappa shape index (κ2) is 7.85. The van der Waals surface area contributed by atoms with Crippen molar-refractivity contribution in [2.75, 3.05) is 37.7 Å². The van der Waals surface area contributed by atoms with Crippen LogP contribution in [-0.2, 0) is 17.7 Å². The summed E-state index contributed by atoms with van der Waals surface area (Å²) in [6, 6.07) is 8.49. The minimum absolute atomic E-state index is 0.750. The zero-order valence-corrected chi connectivity index (χ0v) is 15.2. The van der Waals surface area contributed by atoms with Gasteiger partial charge in [-0.3, -0.25) is 0 Å². The topological polar surface area (TPSA) is 66.1 Å². The molecule has 26 heavy (non-hydrogen) atoms. The molecule has 1 aliphatic heterocycles. The molecule has 0 radical (unpaired) electrons. The predicted molar refractivity (Wildman–Crippen MR) is 104 cm³/mol. The van der Waals surface area contributed by atoms with Crippen molar-refractivity contribution in [3.8, 4) is 0 Å². The lowest BCUT2D eigenvalue weighted by Crippen LogP contribution is -2.37. The zero-order valence-electron chi connectivity index (χ0n) is 15.2. The second-order valence-corrected chi connectivity index (χ2v) is 6.69. The van der Waals surface area contributed by atoms with Crippen molar-refractivity contribution in [1.29, 1.82) is 0 Å². The third-order valence-electron chi connectivity index (χ3n) is 4.89. The van der Waals surface area contributed by atoms with E-state index in [9.17, 15) is 0 Å². The number of hydrogen-bond donors (Lipinski definition) is 2. The van der Waals surface area contributed by atoms with Crippen LogP contribution >= 0.6 is 0 Å². The summed E-state index contributed by atoms with van der Waals surface area (Å²) in [5.41, 5.74) is 4.97. The summed E-state index contributed by atoms with van der Waals surface area (Å²) in [6.45, 7) is 7.08. The lowest BCUT2D eigenvalue weighted by atomic mass is 10.1. The second-order valence-electron chi connectivity index (χ2n) is 6.69. The molecule has 1 fully saturated rings. The molecule has 0 spiro atoms. The van der Waals surface area contributed by atoms with Crippen molar-refractivity contribution < 1.29 is 4.74 Å². The van der Waals surface area contributed by atoms with E-state index in [1.54, 1.807) is 0 Å². The van der Waals surface area contributed by atoms with Crippen LogP contribution in [0, 0.1) is 6.92 Å². The highest BCUT2D eigenvalue weighted by Gasteiger charge is 2.13. The molecule has 6 heteroatoms. The van der Waals surface area contributed by atoms with Crippen molar-refractivity contribution in [3.63, 3.8) is 0 Å². The number of benzene rings is 1. The molecule has 0 unspecified atom stereocenters. The molecule has 6 nitrogen and oxygen atoms in total. The molecule has 2 N–H and O–H groups in total. The number of morpholine rings is 1. The molecule has 1 aliphatic rings. The molecule has 0 amide bonds. The largest absolute Gasteiger partial charge is 0.378 e. The lowest BCUT2D eigenvalue weighted by Gasteiger charge is -2.26. The van der Waals surface area contributed by atoms with Crippen molar-refractivity contribution in [2.24, 2.45) is 0 Å². The van der Waals surface area contributed by atoms with E-state index < -0.39 is 0 Å². The Balaban J connectivity index is 1.30. The Labute approximate surface area is 153 Å². The van der Waals surface area contributed by atoms with Crippen LogP contribution in [0.3, 0.4) is 0 Å². The first kappa shape index (κ1) is 17.0. The first-order valence-corrected chi connectivity index (χ1v) is 9.22. The Kier molecular flexibility index (Phi) is 5.13. The molecule has 3 aromatic rings. The zero-order chi connectivity index (χ0) is 17.8. The van der Waals surface area contributed by atoms with E-state index in [1.807, 2.05) is 12.4 Å². The standard InChI is InChI=1S/C20H25N5O/c1-15-17(18-4-2-3-5-19(18)24-15)6-7-21-12-16-13-22-20(23-14-16)25-8-10-26-11-9-25/h2-5,13-14,21,24H,6-12H2,1H3. The SMILES string of the molecule is Cc1[nH]c2ccccc2c1CCNCc1cnc(N2CCOCC2)nc1. The van der Waals surface area contributed by atoms with Crippen LogP contribution in [0.2, 0.25) is 0 Å². The van der Waals surface area contributed by atoms with Gasteiger partial charge in [0.2, 0.25) is 5.95 Å². The van der Waals surface area contributed by atoms with E-state index in [4.69, 9.17) is 4.74 Å². The Morgan fingerprint density at radius 2 is 1.92 bits per heavy atom. The van der Waals surface area contributed by atoms with Crippen LogP contribution in [0.15, 0.2) is 36.7 Å². The summed E-state index contributed by atoms with van der Waals surface area (Å²) in [6.07, 6.45) is 4.84. The fourth-order valence-corrected chi connectivity index (χ4v) is 3.47. The minimum atomic E-state index is 0.750. The van der Waals surface area contributed by atoms with Gasteiger partial charge in [0.1, 0.15) is 0 Å². The summed E-state index contributed by atoms with van der Waals surface area (Å²) >= 11 is 0. The van der Waals surface area contributed by atoms with Gasteiger partial charge >= 0.3 is 0 Å². The fraction of sp³-hybridized carbons (Fsp3) is 0.400. The number of ether oxygens (including phenoxy) is 1. The van der Waals surface area contributed by atoms with E-state index in [0.717, 1.165) is 57.3 Å². The predicted octanol–water partition coefficient (Wildman–Crippen LogP) is 2.44. The van der Waals surface area contributed by atoms with Crippen LogP contribution in [0.1, 0.15) is 16.8 Å². The van der Waals surface area contributed by atoms with Gasteiger partial charge in [0.05, 0.1) is 13.2 Å². The molecule has 0 saturated carbocycles. The number of aromatic amines is 1. The van der Waals surface area contributed by atoms with Gasteiger partial charge in [0, 0.05) is 54.2 Å². The van der Waals surface area contributed by atoms with Gasteiger partial charge in [-0.15, -0.1) is 0 Å². The molecule has 3 heterocycles. The van der Waals surface area contributed by atoms with Crippen LogP contribution in [0.25, 0.3) is 10.9 Å². The van der Waals surface area contributed by atoms with Gasteiger partial charge < -0.3 is 19.9 Å². The van der Waals surface area contributed by atoms with Crippen molar-refractivity contribution >= 4 is 16.9 Å². The van der Waals surface area contributed by atoms with Crippen molar-refractivity contribution in [1.82, 2.24) is 20.3 Å². The van der Waals surface area contributed by atoms with Gasteiger partial charge in [-0.1, -0.05) is 18.2 Å². The molecule has 0 bridgehead atoms. The normalized spacial score (nSPS) is 14.9. The first-order valence-electron chi connectivity index (χ1n) is 9.22. The molecular weight excluding hydrogens is 326 g/mol. The Morgan fingerprint density at radius 3 is 2.73 bits per heavy atom. The molecular formula is C20H25N5O. The van der Waals surface area contributed by atoms with Crippen LogP contribution < -0.4 is 10.2 Å². The number of aromatic nitrogens is 3. The maximum absolute atomic E-state index is 5.37. The van der Waals surface area contributed by atoms with Gasteiger partial charge in [0.25, 0.3) is 0 Å². The molecule has 0 atom stereocenters. The third-order valence-corrected chi connectivity index (χ3v) is 4.89. The number of para-hydroxylation sites is 1. The van der Waals surface area contributed by atoms with Gasteiger partial charge in [-0.25, -0.2) is 9.97 Å². The van der Waals surface area contributed by atoms with Crippen molar-refractivity contribution in [3.05, 3.63) is 53.5 Å². The van der Waals surface area contributed by atoms with Crippen LogP contribution in [0.4, 0.5) is 5.95 Å². The van der Waals surface area contributed by atoms with E-state index in [1.165, 1.54) is 22.2 Å². The number of anilines is 1. The average Bonchev–Trinajstić information content (AvgIpc) is 3.01. The number of rotatable bonds is 6. The number of nitrogens with one attached hydrogen (secondary N) is 2. The maximum atomic E-state index is 5.37. The maximum Gasteiger partial charge on any atom is 0.225 e. The average molecular weight is 351 g/mol. The van der Waals surface area contributed by atoms with Crippen molar-refractivity contribution in [2.45, 2.75) is 19.9 Å². The van der Waals surface area contributed by atoms with Gasteiger partial charge in [0.15, 0.2) is 0 Å². The molecule has 2 aromatic heterocycles. The van der Waals surface area contributed by atoms with E-state index >= 15 is 0 Å². The number of fused-ring (bicyclic) bond motifs is 1. The summed E-state index contributed by atoms with van der Waals surface area (Å²) in [5.74, 6) is 0.798. The lowest BCUT2D eigenvalue weighted by molar-refractivity contribution is 0.122. The van der Waals surface area contributed by atoms with Gasteiger partial charge in [-0.05, 0) is 31.5 Å². The van der Waals surface area contributed by atoms with E-state index in [-0.39, 0.29) is 0 Å². The minimum Gasteiger partial charge on any atom is -0.378 e. The first-order chi connectivity index (χ1) is 12.8. The highest BCUT2D eigenvalue weighted by molar-refractivity contribution is 5.84. The Morgan fingerprint density at radius 1 is 1.15 bits per heavy atom. The van der Waals surface area contributed by atoms with Gasteiger partial charge in [-0.2, -0.15) is 0 Å². The molecule has 136 valence electrons. The summed E-state index contributed by atoms with van der Waals surface area (Å²) in [5, 5.41) is 4.83. The molecule has 1 saturated heterocycles. The number of hydrogen-bond acceptors (Lipinski definition) is 5. The quantitative estimate of drug-likeness (QED) is 0.668.